The molecule has 0 saturated carbocycles. The van der Waals surface area contributed by atoms with Gasteiger partial charge in [0.2, 0.25) is 11.8 Å². The van der Waals surface area contributed by atoms with Crippen LogP contribution in [-0.2, 0) is 25.5 Å². The number of hydrogen-bond donors (Lipinski definition) is 1. The van der Waals surface area contributed by atoms with Gasteiger partial charge in [-0.25, -0.2) is 8.78 Å². The second-order valence-corrected chi connectivity index (χ2v) is 6.35. The van der Waals surface area contributed by atoms with E-state index in [0.29, 0.717) is 18.7 Å². The topological polar surface area (TPSA) is 75.7 Å². The fraction of sp³-hybridized carbons (Fsp3) is 0.350. The molecule has 0 radical (unpaired) electrons. The number of hydrogen-bond acceptors (Lipinski definition) is 4. The number of benzene rings is 1. The molecule has 2 amide bonds. The number of allylic oxidation sites excluding steroid dienone is 3. The van der Waals surface area contributed by atoms with E-state index in [1.165, 1.54) is 18.9 Å². The number of carbonyl (C=O) groups excluding carboxylic acids is 3. The van der Waals surface area contributed by atoms with Gasteiger partial charge in [0.15, 0.2) is 0 Å². The zero-order valence-corrected chi connectivity index (χ0v) is 15.7. The Morgan fingerprint density at radius 2 is 1.89 bits per heavy atom. The Hall–Kier alpha value is -3.03. The van der Waals surface area contributed by atoms with Crippen LogP contribution in [-0.4, -0.2) is 42.4 Å². The number of nitrogens with zero attached hydrogens (tertiary/aromatic N) is 1. The monoisotopic (exact) mass is 392 g/mol. The number of methoxy groups -OCH3 is 1. The quantitative estimate of drug-likeness (QED) is 0.723. The van der Waals surface area contributed by atoms with Crippen molar-refractivity contribution in [2.45, 2.75) is 32.2 Å². The summed E-state index contributed by atoms with van der Waals surface area (Å²) in [4.78, 5) is 37.7. The molecule has 1 atom stereocenters. The highest BCUT2D eigenvalue weighted by molar-refractivity contribution is 5.89. The molecule has 1 aromatic carbocycles. The van der Waals surface area contributed by atoms with Gasteiger partial charge in [-0.1, -0.05) is 12.2 Å². The minimum Gasteiger partial charge on any atom is -0.469 e. The van der Waals surface area contributed by atoms with Crippen molar-refractivity contribution in [3.63, 3.8) is 0 Å². The summed E-state index contributed by atoms with van der Waals surface area (Å²) in [5.74, 6) is -2.80. The molecule has 8 heteroatoms. The number of amides is 2. The molecule has 0 aliphatic carbocycles. The lowest BCUT2D eigenvalue weighted by atomic mass is 10.1. The number of ether oxygens (including phenoxy) is 1. The summed E-state index contributed by atoms with van der Waals surface area (Å²) in [6, 6.07) is 2.01. The van der Waals surface area contributed by atoms with E-state index < -0.39 is 23.6 Å². The van der Waals surface area contributed by atoms with Gasteiger partial charge in [-0.05, 0) is 37.1 Å². The first kappa shape index (κ1) is 21.3. The fourth-order valence-corrected chi connectivity index (χ4v) is 2.82. The van der Waals surface area contributed by atoms with Crippen molar-refractivity contribution in [3.8, 4) is 0 Å². The first-order valence-corrected chi connectivity index (χ1v) is 8.78. The predicted molar refractivity (Wildman–Crippen MR) is 97.9 cm³/mol. The Morgan fingerprint density at radius 3 is 2.54 bits per heavy atom. The molecule has 150 valence electrons. The predicted octanol–water partition coefficient (Wildman–Crippen LogP) is 2.25. The van der Waals surface area contributed by atoms with E-state index in [9.17, 15) is 23.2 Å². The van der Waals surface area contributed by atoms with Crippen LogP contribution in [0.15, 0.2) is 42.1 Å². The van der Waals surface area contributed by atoms with Gasteiger partial charge in [0.25, 0.3) is 0 Å². The molecule has 28 heavy (non-hydrogen) atoms. The SMILES string of the molecule is COC(=O)CCC1=CC=CCN1C(=O)[C@H](C)NC(=O)Cc1cc(F)cc(F)c1. The van der Waals surface area contributed by atoms with Gasteiger partial charge >= 0.3 is 5.97 Å². The summed E-state index contributed by atoms with van der Waals surface area (Å²) >= 11 is 0. The van der Waals surface area contributed by atoms with Crippen molar-refractivity contribution in [1.29, 1.82) is 0 Å². The molecule has 1 N–H and O–H groups in total. The zero-order chi connectivity index (χ0) is 20.7. The van der Waals surface area contributed by atoms with Gasteiger partial charge in [0.1, 0.15) is 17.7 Å². The van der Waals surface area contributed by atoms with Crippen LogP contribution in [0.5, 0.6) is 0 Å². The van der Waals surface area contributed by atoms with Crippen LogP contribution in [0, 0.1) is 11.6 Å². The van der Waals surface area contributed by atoms with E-state index in [4.69, 9.17) is 0 Å². The van der Waals surface area contributed by atoms with Crippen molar-refractivity contribution in [2.75, 3.05) is 13.7 Å². The minimum absolute atomic E-state index is 0.131. The molecule has 0 bridgehead atoms. The van der Waals surface area contributed by atoms with Crippen LogP contribution < -0.4 is 5.32 Å². The number of esters is 1. The Labute approximate surface area is 161 Å². The molecule has 0 aromatic heterocycles. The molecule has 0 unspecified atom stereocenters. The smallest absolute Gasteiger partial charge is 0.305 e. The summed E-state index contributed by atoms with van der Waals surface area (Å²) in [6.45, 7) is 1.85. The van der Waals surface area contributed by atoms with Crippen LogP contribution in [0.3, 0.4) is 0 Å². The van der Waals surface area contributed by atoms with Crippen molar-refractivity contribution in [1.82, 2.24) is 10.2 Å². The van der Waals surface area contributed by atoms with Crippen LogP contribution in [0.25, 0.3) is 0 Å². The van der Waals surface area contributed by atoms with Crippen LogP contribution in [0.4, 0.5) is 8.78 Å². The average Bonchev–Trinajstić information content (AvgIpc) is 2.64. The molecule has 0 saturated heterocycles. The first-order valence-electron chi connectivity index (χ1n) is 8.78. The van der Waals surface area contributed by atoms with Crippen LogP contribution >= 0.6 is 0 Å². The summed E-state index contributed by atoms with van der Waals surface area (Å²) < 4.78 is 31.1. The Balaban J connectivity index is 1.96. The Morgan fingerprint density at radius 1 is 1.21 bits per heavy atom. The first-order chi connectivity index (χ1) is 13.3. The summed E-state index contributed by atoms with van der Waals surface area (Å²) in [6.07, 6.45) is 5.51. The van der Waals surface area contributed by atoms with E-state index in [1.807, 2.05) is 0 Å². The summed E-state index contributed by atoms with van der Waals surface area (Å²) in [7, 11) is 1.29. The average molecular weight is 392 g/mol. The van der Waals surface area contributed by atoms with E-state index in [2.05, 4.69) is 10.1 Å². The number of halogens is 2. The number of rotatable bonds is 7. The molecule has 6 nitrogen and oxygen atoms in total. The Kier molecular flexibility index (Phi) is 7.43. The lowest BCUT2D eigenvalue weighted by molar-refractivity contribution is -0.141. The van der Waals surface area contributed by atoms with Crippen molar-refractivity contribution < 1.29 is 27.9 Å². The zero-order valence-electron chi connectivity index (χ0n) is 15.7. The van der Waals surface area contributed by atoms with E-state index in [-0.39, 0.29) is 30.3 Å². The van der Waals surface area contributed by atoms with Gasteiger partial charge in [0.05, 0.1) is 20.0 Å². The maximum Gasteiger partial charge on any atom is 0.305 e. The second-order valence-electron chi connectivity index (χ2n) is 6.35. The van der Waals surface area contributed by atoms with E-state index in [0.717, 1.165) is 18.2 Å². The van der Waals surface area contributed by atoms with Crippen LogP contribution in [0.1, 0.15) is 25.3 Å². The van der Waals surface area contributed by atoms with Gasteiger partial charge in [-0.3, -0.25) is 14.4 Å². The second kappa shape index (κ2) is 9.77. The number of nitrogens with one attached hydrogen (secondary N) is 1. The minimum atomic E-state index is -0.848. The van der Waals surface area contributed by atoms with Crippen molar-refractivity contribution in [3.05, 3.63) is 59.3 Å². The van der Waals surface area contributed by atoms with E-state index in [1.54, 1.807) is 18.2 Å². The molecular formula is C20H22F2N2O4. The third-order valence-corrected chi connectivity index (χ3v) is 4.17. The van der Waals surface area contributed by atoms with Gasteiger partial charge < -0.3 is 15.0 Å². The van der Waals surface area contributed by atoms with Crippen molar-refractivity contribution in [2.24, 2.45) is 0 Å². The molecule has 0 fully saturated rings. The lowest BCUT2D eigenvalue weighted by Gasteiger charge is -2.29. The van der Waals surface area contributed by atoms with Crippen molar-refractivity contribution >= 4 is 17.8 Å². The summed E-state index contributed by atoms with van der Waals surface area (Å²) in [5, 5.41) is 2.54. The van der Waals surface area contributed by atoms with E-state index >= 15 is 0 Å². The highest BCUT2D eigenvalue weighted by atomic mass is 19.1. The molecule has 1 aliphatic heterocycles. The molecule has 1 aliphatic rings. The Bertz CT molecular complexity index is 800. The normalized spacial score (nSPS) is 14.3. The molecule has 1 aromatic rings. The molecule has 2 rings (SSSR count). The molecular weight excluding hydrogens is 370 g/mol. The van der Waals surface area contributed by atoms with Gasteiger partial charge in [0, 0.05) is 18.3 Å². The summed E-state index contributed by atoms with van der Waals surface area (Å²) in [5.41, 5.74) is 0.820. The third kappa shape index (κ3) is 6.00. The maximum atomic E-state index is 13.2. The maximum absolute atomic E-state index is 13.2. The fourth-order valence-electron chi connectivity index (χ4n) is 2.82. The van der Waals surface area contributed by atoms with Gasteiger partial charge in [-0.15, -0.1) is 0 Å². The number of carbonyl (C=O) groups is 3. The highest BCUT2D eigenvalue weighted by Gasteiger charge is 2.25. The molecule has 0 spiro atoms. The standard InChI is InChI=1S/C20H22F2N2O4/c1-13(23-18(25)11-14-9-15(21)12-16(22)10-14)20(27)24-8-4-3-5-17(24)6-7-19(26)28-2/h3-5,9-10,12-13H,6-8,11H2,1-2H3,(H,23,25)/t13-/m0/s1. The lowest BCUT2D eigenvalue weighted by Crippen LogP contribution is -2.47. The largest absolute Gasteiger partial charge is 0.469 e. The van der Waals surface area contributed by atoms with Crippen LogP contribution in [0.2, 0.25) is 0 Å². The third-order valence-electron chi connectivity index (χ3n) is 4.17. The highest BCUT2D eigenvalue weighted by Crippen LogP contribution is 2.17. The molecule has 1 heterocycles. The van der Waals surface area contributed by atoms with Gasteiger partial charge in [-0.2, -0.15) is 0 Å².